The summed E-state index contributed by atoms with van der Waals surface area (Å²) in [7, 11) is 4.25. The number of nitrogens with zero attached hydrogens (tertiary/aromatic N) is 1. The number of piperidine rings is 2. The highest BCUT2D eigenvalue weighted by molar-refractivity contribution is 8.77. The zero-order chi connectivity index (χ0) is 57.0. The molecule has 5 heterocycles. The Morgan fingerprint density at radius 1 is 0.855 bits per heavy atom. The maximum Gasteiger partial charge on any atom is 0.302 e. The number of nitrogens with one attached hydrogen (secondary N) is 3. The number of aliphatic hydroxyl groups is 4. The number of allylic oxidation sites excluding steroid dienone is 2. The molecule has 5 aliphatic heterocycles. The number of carbonyl (C=O) groups excluding carboxylic acids is 1. The van der Waals surface area contributed by atoms with E-state index in [2.05, 4.69) is 73.7 Å². The highest BCUT2D eigenvalue weighted by Crippen LogP contribution is 2.82. The van der Waals surface area contributed by atoms with Crippen LogP contribution >= 0.6 is 21.6 Å². The first kappa shape index (κ1) is 57.8. The van der Waals surface area contributed by atoms with Crippen molar-refractivity contribution in [1.82, 2.24) is 16.0 Å². The van der Waals surface area contributed by atoms with Crippen molar-refractivity contribution in [3.63, 3.8) is 0 Å². The van der Waals surface area contributed by atoms with Gasteiger partial charge in [-0.1, -0.05) is 96.3 Å². The van der Waals surface area contributed by atoms with Gasteiger partial charge in [-0.2, -0.15) is 0 Å². The minimum absolute atomic E-state index is 0.0223. The Bertz CT molecular complexity index is 2780. The molecule has 8 spiro atoms. The Balaban J connectivity index is 0.946. The summed E-state index contributed by atoms with van der Waals surface area (Å²) in [6.07, 6.45) is 35.8. The molecule has 17 atom stereocenters. The van der Waals surface area contributed by atoms with E-state index in [0.29, 0.717) is 58.7 Å². The molecule has 0 radical (unpaired) electrons. The first-order valence-electron chi connectivity index (χ1n) is 33.2. The van der Waals surface area contributed by atoms with E-state index in [1.54, 1.807) is 6.07 Å². The largest absolute Gasteiger partial charge is 0.504 e. The number of hydrogen-bond donors (Lipinski definition) is 9. The van der Waals surface area contributed by atoms with Crippen molar-refractivity contribution in [2.24, 2.45) is 66.9 Å². The van der Waals surface area contributed by atoms with Crippen LogP contribution in [0.15, 0.2) is 41.4 Å². The van der Waals surface area contributed by atoms with Crippen LogP contribution in [-0.4, -0.2) is 109 Å². The summed E-state index contributed by atoms with van der Waals surface area (Å²) in [4.78, 5) is 19.0. The standard InChI is InChI=1S/C68H97N5O8S2/c1-43(74)80-54-35-48(75)18-29-64-28-16-44-9-7-25-66(38-49(19-32-71-66)81-55-34-45(33-51(44)54)52(59(78)79)36-53(55)76)57-15-14-50(39-70-57)83-82-42-67(73-60(69)72-56(64)10-6-11-58(64)77)41-65-37-47(13-12-46(65)17-27-62(65)22-4-5-23-62)68(67)26-8-24-63(68)31-30-61(40-63)20-2-3-21-61/h6,10,12-13,34,36,44,46-51,54,56-59,70-71,75-79H,2-5,7-9,11,14-15,17-27,29-33,35,37-42H2,1H3,(H3,69,72,73)/t44-,46-,47+,48+,49-,50+,51+,54+,56-,57+,58+,63+,64+,65+,66-,67-,68+/m1/s1. The maximum absolute atomic E-state index is 13.3. The second-order valence-electron chi connectivity index (χ2n) is 30.0. The number of hydrogen-bond acceptors (Lipinski definition) is 15. The van der Waals surface area contributed by atoms with Gasteiger partial charge in [-0.3, -0.25) is 4.79 Å². The van der Waals surface area contributed by atoms with E-state index in [1.807, 2.05) is 0 Å². The number of phenolic OH excluding ortho intramolecular Hbond substituents is 1. The minimum Gasteiger partial charge on any atom is -0.504 e. The average Bonchev–Trinajstić information content (AvgIpc) is 1.60. The summed E-state index contributed by atoms with van der Waals surface area (Å²) < 4.78 is 13.2. The lowest BCUT2D eigenvalue weighted by molar-refractivity contribution is -0.159. The monoisotopic (exact) mass is 1180 g/mol. The molecule has 0 amide bonds. The van der Waals surface area contributed by atoms with Gasteiger partial charge in [0.25, 0.3) is 0 Å². The molecule has 0 unspecified atom stereocenters. The van der Waals surface area contributed by atoms with Crippen LogP contribution < -0.4 is 26.4 Å². The second kappa shape index (κ2) is 22.0. The fourth-order valence-corrected chi connectivity index (χ4v) is 26.0. The highest BCUT2D eigenvalue weighted by Gasteiger charge is 2.77. The smallest absolute Gasteiger partial charge is 0.302 e. The van der Waals surface area contributed by atoms with E-state index in [4.69, 9.17) is 20.2 Å². The fourth-order valence-electron chi connectivity index (χ4n) is 22.9. The average molecular weight is 1180 g/mol. The Morgan fingerprint density at radius 3 is 2.48 bits per heavy atom. The van der Waals surface area contributed by atoms with Gasteiger partial charge < -0.3 is 56.7 Å². The number of guanidine groups is 1. The van der Waals surface area contributed by atoms with Crippen molar-refractivity contribution in [2.45, 2.75) is 259 Å². The molecule has 0 aromatic heterocycles. The van der Waals surface area contributed by atoms with E-state index >= 15 is 0 Å². The van der Waals surface area contributed by atoms with Crippen LogP contribution in [0.4, 0.5) is 0 Å². The zero-order valence-electron chi connectivity index (χ0n) is 49.5. The Kier molecular flexibility index (Phi) is 15.3. The Hall–Kier alpha value is -2.94. The van der Waals surface area contributed by atoms with Gasteiger partial charge in [-0.25, -0.2) is 4.99 Å². The predicted molar refractivity (Wildman–Crippen MR) is 327 cm³/mol. The van der Waals surface area contributed by atoms with Crippen LogP contribution in [-0.2, 0) is 16.0 Å². The number of fused-ring (bicyclic) bond motifs is 11. The second-order valence-corrected chi connectivity index (χ2v) is 32.6. The van der Waals surface area contributed by atoms with E-state index in [0.717, 1.165) is 63.8 Å². The third-order valence-electron chi connectivity index (χ3n) is 26.3. The number of nitrogens with two attached hydrogens (primary N) is 1. The molecule has 1 aromatic carbocycles. The summed E-state index contributed by atoms with van der Waals surface area (Å²) >= 11 is 0. The lowest BCUT2D eigenvalue weighted by Gasteiger charge is -2.70. The molecular weight excluding hydrogens is 1080 g/mol. The molecule has 1 aromatic rings. The SMILES string of the molecule is CC(=O)O[C@H]1C[C@@H](O)CC[C@@]23C#C[C@H]4CCC[C@@]5(C[C@@H](CCN5)Oc5cc(c(C(O)O)cc5O)C[C@H]14)[C@@H]1CC[C@@H](CN1)SSC[C@@]1(C[C@@]45C[C@H](C=C[C@@H]4CCC54CCCC4)[C@]14CCC[C@@]41CCC4(CCCC4)C1)NC(N)=N[C@@H]2C=CC[C@@H]3O. The lowest BCUT2D eigenvalue weighted by atomic mass is 9.37. The number of aliphatic hydroxyl groups excluding tert-OH is 3. The van der Waals surface area contributed by atoms with Gasteiger partial charge >= 0.3 is 5.97 Å². The van der Waals surface area contributed by atoms with Gasteiger partial charge in [0.05, 0.1) is 29.2 Å². The molecule has 9 aliphatic carbocycles. The molecule has 14 aliphatic rings. The number of aliphatic imine (C=N–C) groups is 1. The zero-order valence-corrected chi connectivity index (χ0v) is 51.2. The molecule has 10 N–H and O–H groups in total. The number of rotatable bonds is 2. The van der Waals surface area contributed by atoms with E-state index in [-0.39, 0.29) is 75.8 Å². The van der Waals surface area contributed by atoms with E-state index < -0.39 is 53.9 Å². The predicted octanol–water partition coefficient (Wildman–Crippen LogP) is 10.4. The lowest BCUT2D eigenvalue weighted by Crippen LogP contribution is -2.75. The fraction of sp³-hybridized carbons (Fsp3) is 0.794. The molecule has 10 bridgehead atoms. The van der Waals surface area contributed by atoms with Crippen molar-refractivity contribution in [2.75, 3.05) is 18.8 Å². The molecule has 2 saturated heterocycles. The molecule has 13 nitrogen and oxygen atoms in total. The van der Waals surface area contributed by atoms with Crippen LogP contribution in [0.1, 0.15) is 211 Å². The first-order chi connectivity index (χ1) is 40.1. The molecule has 15 rings (SSSR count). The number of phenols is 1. The molecule has 6 saturated carbocycles. The van der Waals surface area contributed by atoms with Gasteiger partial charge in [0, 0.05) is 71.7 Å². The maximum atomic E-state index is 13.3. The van der Waals surface area contributed by atoms with Gasteiger partial charge in [-0.05, 0) is 199 Å². The Labute approximate surface area is 501 Å². The number of aromatic hydroxyl groups is 1. The van der Waals surface area contributed by atoms with E-state index in [1.165, 1.54) is 122 Å². The summed E-state index contributed by atoms with van der Waals surface area (Å²) in [5, 5.41) is 72.0. The van der Waals surface area contributed by atoms with Gasteiger partial charge in [0.1, 0.15) is 12.2 Å². The molecule has 15 heteroatoms. The molecule has 454 valence electrons. The number of carbonyl (C=O) groups is 1. The first-order valence-corrected chi connectivity index (χ1v) is 35.6. The van der Waals surface area contributed by atoms with Crippen molar-refractivity contribution in [3.8, 4) is 23.3 Å². The third kappa shape index (κ3) is 9.52. The van der Waals surface area contributed by atoms with Gasteiger partial charge in [0.2, 0.25) is 0 Å². The van der Waals surface area contributed by atoms with Gasteiger partial charge in [0.15, 0.2) is 23.7 Å². The normalized spacial score (nSPS) is 45.1. The van der Waals surface area contributed by atoms with Gasteiger partial charge in [-0.15, -0.1) is 0 Å². The highest BCUT2D eigenvalue weighted by atomic mass is 33.1. The minimum atomic E-state index is -1.91. The van der Waals surface area contributed by atoms with Crippen molar-refractivity contribution >= 4 is 33.5 Å². The molecule has 83 heavy (non-hydrogen) atoms. The summed E-state index contributed by atoms with van der Waals surface area (Å²) in [5.74, 6) is 8.84. The third-order valence-corrected chi connectivity index (χ3v) is 29.3. The van der Waals surface area contributed by atoms with Crippen LogP contribution in [0.2, 0.25) is 0 Å². The van der Waals surface area contributed by atoms with Crippen LogP contribution in [0.5, 0.6) is 11.5 Å². The van der Waals surface area contributed by atoms with Crippen LogP contribution in [0.25, 0.3) is 0 Å². The Morgan fingerprint density at radius 2 is 1.67 bits per heavy atom. The van der Waals surface area contributed by atoms with E-state index in [9.17, 15) is 30.3 Å². The topological polar surface area (TPSA) is 211 Å². The quantitative estimate of drug-likeness (QED) is 0.0444. The van der Waals surface area contributed by atoms with Crippen LogP contribution in [0, 0.1) is 68.0 Å². The summed E-state index contributed by atoms with van der Waals surface area (Å²) in [5.41, 5.74) is 7.88. The molecular formula is C68H97N5O8S2. The van der Waals surface area contributed by atoms with Crippen molar-refractivity contribution in [3.05, 3.63) is 47.6 Å². The number of esters is 1. The number of benzene rings is 1. The summed E-state index contributed by atoms with van der Waals surface area (Å²) in [6, 6.07) is 2.68. The van der Waals surface area contributed by atoms with Crippen molar-refractivity contribution < 1.29 is 39.8 Å². The number of ether oxygens (including phenoxy) is 2. The van der Waals surface area contributed by atoms with Crippen LogP contribution in [0.3, 0.4) is 0 Å². The molecule has 8 fully saturated rings. The summed E-state index contributed by atoms with van der Waals surface area (Å²) in [6.45, 7) is 3.05. The van der Waals surface area contributed by atoms with Crippen molar-refractivity contribution in [1.29, 1.82) is 0 Å².